The molecule has 1 atom stereocenters. The van der Waals surface area contributed by atoms with Crippen molar-refractivity contribution in [1.82, 2.24) is 15.2 Å². The number of carbonyl (C=O) groups is 1. The number of piperidine rings is 1. The van der Waals surface area contributed by atoms with Crippen molar-refractivity contribution in [2.45, 2.75) is 39.4 Å². The second-order valence-electron chi connectivity index (χ2n) is 6.58. The standard InChI is InChI=1S/C19H27F3N4O3/c1-3-23-18(26-10-6-8-15(12-26)17(27)28-4-2)25-11-14-7-5-9-24-16(14)29-13-19(20,21)22/h5,7,9,15H,3-4,6,8,10-13H2,1-2H3,(H,23,25). The number of nitrogens with one attached hydrogen (secondary N) is 1. The number of aromatic nitrogens is 1. The van der Waals surface area contributed by atoms with E-state index in [2.05, 4.69) is 15.3 Å². The van der Waals surface area contributed by atoms with Gasteiger partial charge in [0.1, 0.15) is 0 Å². The lowest BCUT2D eigenvalue weighted by Crippen LogP contribution is -2.48. The van der Waals surface area contributed by atoms with Crippen molar-refractivity contribution >= 4 is 11.9 Å². The Labute approximate surface area is 168 Å². The smallest absolute Gasteiger partial charge is 0.422 e. The molecule has 0 saturated carbocycles. The van der Waals surface area contributed by atoms with Gasteiger partial charge < -0.3 is 19.7 Å². The zero-order valence-corrected chi connectivity index (χ0v) is 16.7. The van der Waals surface area contributed by atoms with Crippen LogP contribution in [0.1, 0.15) is 32.3 Å². The maximum atomic E-state index is 12.5. The third-order valence-electron chi connectivity index (χ3n) is 4.30. The summed E-state index contributed by atoms with van der Waals surface area (Å²) in [6.45, 7) is 4.55. The fraction of sp³-hybridized carbons (Fsp3) is 0.632. The predicted octanol–water partition coefficient (Wildman–Crippen LogP) is 2.76. The molecule has 1 aliphatic heterocycles. The molecule has 0 amide bonds. The molecule has 2 heterocycles. The van der Waals surface area contributed by atoms with Gasteiger partial charge in [0.25, 0.3) is 0 Å². The number of nitrogens with zero attached hydrogens (tertiary/aromatic N) is 3. The number of aliphatic imine (C=N–C) groups is 1. The van der Waals surface area contributed by atoms with Crippen molar-refractivity contribution in [1.29, 1.82) is 0 Å². The third-order valence-corrected chi connectivity index (χ3v) is 4.30. The summed E-state index contributed by atoms with van der Waals surface area (Å²) in [5.74, 6) is 0.0550. The Bertz CT molecular complexity index is 698. The van der Waals surface area contributed by atoms with Crippen LogP contribution in [-0.2, 0) is 16.1 Å². The fourth-order valence-corrected chi connectivity index (χ4v) is 3.03. The van der Waals surface area contributed by atoms with Gasteiger partial charge in [0.05, 0.1) is 19.1 Å². The van der Waals surface area contributed by atoms with Gasteiger partial charge in [-0.1, -0.05) is 6.07 Å². The van der Waals surface area contributed by atoms with E-state index in [-0.39, 0.29) is 24.3 Å². The largest absolute Gasteiger partial charge is 0.468 e. The number of hydrogen-bond donors (Lipinski definition) is 1. The van der Waals surface area contributed by atoms with Crippen molar-refractivity contribution in [2.75, 3.05) is 32.8 Å². The van der Waals surface area contributed by atoms with E-state index < -0.39 is 12.8 Å². The summed E-state index contributed by atoms with van der Waals surface area (Å²) in [5.41, 5.74) is 0.450. The molecule has 162 valence electrons. The highest BCUT2D eigenvalue weighted by Crippen LogP contribution is 2.21. The monoisotopic (exact) mass is 416 g/mol. The highest BCUT2D eigenvalue weighted by Gasteiger charge is 2.30. The van der Waals surface area contributed by atoms with Gasteiger partial charge in [-0.15, -0.1) is 0 Å². The van der Waals surface area contributed by atoms with Crippen LogP contribution in [0.2, 0.25) is 0 Å². The number of halogens is 3. The SMILES string of the molecule is CCNC(=NCc1cccnc1OCC(F)(F)F)N1CCCC(C(=O)OCC)C1. The van der Waals surface area contributed by atoms with Crippen molar-refractivity contribution in [2.24, 2.45) is 10.9 Å². The van der Waals surface area contributed by atoms with Crippen LogP contribution in [0.3, 0.4) is 0 Å². The van der Waals surface area contributed by atoms with Gasteiger partial charge >= 0.3 is 12.1 Å². The summed E-state index contributed by atoms with van der Waals surface area (Å²) in [7, 11) is 0. The molecule has 0 spiro atoms. The number of likely N-dealkylation sites (tertiary alicyclic amines) is 1. The third kappa shape index (κ3) is 7.43. The van der Waals surface area contributed by atoms with Gasteiger partial charge in [-0.3, -0.25) is 4.79 Å². The lowest BCUT2D eigenvalue weighted by molar-refractivity contribution is -0.154. The number of esters is 1. The normalized spacial score (nSPS) is 17.8. The Morgan fingerprint density at radius 1 is 1.41 bits per heavy atom. The van der Waals surface area contributed by atoms with Crippen LogP contribution in [0, 0.1) is 5.92 Å². The van der Waals surface area contributed by atoms with Crippen LogP contribution in [0.4, 0.5) is 13.2 Å². The minimum absolute atomic E-state index is 0.0903. The summed E-state index contributed by atoms with van der Waals surface area (Å²) in [6, 6.07) is 3.25. The molecule has 1 fully saturated rings. The van der Waals surface area contributed by atoms with E-state index in [1.54, 1.807) is 19.1 Å². The topological polar surface area (TPSA) is 76.1 Å². The van der Waals surface area contributed by atoms with Crippen molar-refractivity contribution in [3.05, 3.63) is 23.9 Å². The average Bonchev–Trinajstić information content (AvgIpc) is 2.70. The van der Waals surface area contributed by atoms with Crippen molar-refractivity contribution in [3.8, 4) is 5.88 Å². The van der Waals surface area contributed by atoms with E-state index in [4.69, 9.17) is 9.47 Å². The Hall–Kier alpha value is -2.52. The zero-order valence-electron chi connectivity index (χ0n) is 16.7. The van der Waals surface area contributed by atoms with Crippen LogP contribution in [0.5, 0.6) is 5.88 Å². The quantitative estimate of drug-likeness (QED) is 0.419. The molecule has 10 heteroatoms. The molecular formula is C19H27F3N4O3. The molecule has 1 unspecified atom stereocenters. The Balaban J connectivity index is 2.10. The van der Waals surface area contributed by atoms with Crippen LogP contribution in [0.25, 0.3) is 0 Å². The minimum atomic E-state index is -4.44. The molecule has 0 aromatic carbocycles. The molecule has 1 saturated heterocycles. The highest BCUT2D eigenvalue weighted by molar-refractivity contribution is 5.81. The van der Waals surface area contributed by atoms with E-state index >= 15 is 0 Å². The molecule has 1 aromatic heterocycles. The summed E-state index contributed by atoms with van der Waals surface area (Å²) >= 11 is 0. The fourth-order valence-electron chi connectivity index (χ4n) is 3.03. The molecule has 7 nitrogen and oxygen atoms in total. The van der Waals surface area contributed by atoms with Gasteiger partial charge in [0.15, 0.2) is 12.6 Å². The van der Waals surface area contributed by atoms with Crippen LogP contribution in [0.15, 0.2) is 23.3 Å². The molecule has 2 rings (SSSR count). The van der Waals surface area contributed by atoms with Crippen molar-refractivity contribution < 1.29 is 27.4 Å². The second-order valence-corrected chi connectivity index (χ2v) is 6.58. The number of ether oxygens (including phenoxy) is 2. The van der Waals surface area contributed by atoms with E-state index in [1.165, 1.54) is 6.20 Å². The van der Waals surface area contributed by atoms with Crippen LogP contribution >= 0.6 is 0 Å². The summed E-state index contributed by atoms with van der Waals surface area (Å²) in [4.78, 5) is 22.5. The van der Waals surface area contributed by atoms with E-state index in [0.29, 0.717) is 31.2 Å². The first-order valence-electron chi connectivity index (χ1n) is 9.67. The molecule has 0 aliphatic carbocycles. The van der Waals surface area contributed by atoms with Crippen LogP contribution < -0.4 is 10.1 Å². The molecule has 1 N–H and O–H groups in total. The number of alkyl halides is 3. The Morgan fingerprint density at radius 2 is 2.21 bits per heavy atom. The number of rotatable bonds is 7. The first kappa shape index (κ1) is 22.8. The first-order valence-corrected chi connectivity index (χ1v) is 9.67. The lowest BCUT2D eigenvalue weighted by Gasteiger charge is -2.34. The second kappa shape index (κ2) is 10.9. The average molecular weight is 416 g/mol. The summed E-state index contributed by atoms with van der Waals surface area (Å²) < 4.78 is 47.3. The first-order chi connectivity index (χ1) is 13.8. The van der Waals surface area contributed by atoms with E-state index in [9.17, 15) is 18.0 Å². The molecule has 1 aromatic rings. The predicted molar refractivity (Wildman–Crippen MR) is 102 cm³/mol. The molecule has 0 radical (unpaired) electrons. The Kier molecular flexibility index (Phi) is 8.53. The Morgan fingerprint density at radius 3 is 2.90 bits per heavy atom. The van der Waals surface area contributed by atoms with Crippen molar-refractivity contribution in [3.63, 3.8) is 0 Å². The lowest BCUT2D eigenvalue weighted by atomic mass is 9.98. The van der Waals surface area contributed by atoms with E-state index in [1.807, 2.05) is 11.8 Å². The summed E-state index contributed by atoms with van der Waals surface area (Å²) in [5, 5.41) is 3.17. The minimum Gasteiger partial charge on any atom is -0.468 e. The highest BCUT2D eigenvalue weighted by atomic mass is 19.4. The number of carbonyl (C=O) groups excluding carboxylic acids is 1. The van der Waals surface area contributed by atoms with Gasteiger partial charge in [0, 0.05) is 31.4 Å². The van der Waals surface area contributed by atoms with E-state index in [0.717, 1.165) is 19.4 Å². The van der Waals surface area contributed by atoms with Gasteiger partial charge in [0.2, 0.25) is 5.88 Å². The number of hydrogen-bond acceptors (Lipinski definition) is 5. The van der Waals surface area contributed by atoms with Gasteiger partial charge in [-0.2, -0.15) is 13.2 Å². The maximum Gasteiger partial charge on any atom is 0.422 e. The molecular weight excluding hydrogens is 389 g/mol. The molecule has 29 heavy (non-hydrogen) atoms. The van der Waals surface area contributed by atoms with Gasteiger partial charge in [-0.25, -0.2) is 9.98 Å². The van der Waals surface area contributed by atoms with Gasteiger partial charge in [-0.05, 0) is 32.8 Å². The number of pyridine rings is 1. The molecule has 1 aliphatic rings. The molecule has 0 bridgehead atoms. The maximum absolute atomic E-state index is 12.5. The van der Waals surface area contributed by atoms with Crippen LogP contribution in [-0.4, -0.2) is 60.8 Å². The number of guanidine groups is 1. The zero-order chi connectivity index (χ0) is 21.3. The summed E-state index contributed by atoms with van der Waals surface area (Å²) in [6.07, 6.45) is -1.49.